The number of methoxy groups -OCH3 is 1. The first-order valence-electron chi connectivity index (χ1n) is 7.99. The fourth-order valence-electron chi connectivity index (χ4n) is 3.01. The molecule has 0 saturated carbocycles. The Bertz CT molecular complexity index is 544. The molecular formula is C18H26O6. The van der Waals surface area contributed by atoms with Crippen LogP contribution >= 0.6 is 0 Å². The van der Waals surface area contributed by atoms with Crippen LogP contribution in [-0.4, -0.2) is 41.7 Å². The zero-order valence-corrected chi connectivity index (χ0v) is 14.4. The summed E-state index contributed by atoms with van der Waals surface area (Å²) in [5, 5.41) is 18.9. The van der Waals surface area contributed by atoms with E-state index < -0.39 is 23.1 Å². The van der Waals surface area contributed by atoms with Crippen molar-refractivity contribution in [1.29, 1.82) is 0 Å². The van der Waals surface area contributed by atoms with Crippen LogP contribution in [0.1, 0.15) is 38.7 Å². The van der Waals surface area contributed by atoms with Crippen molar-refractivity contribution in [2.24, 2.45) is 5.41 Å². The lowest BCUT2D eigenvalue weighted by Gasteiger charge is -2.44. The summed E-state index contributed by atoms with van der Waals surface area (Å²) in [7, 11) is 1.41. The van der Waals surface area contributed by atoms with Crippen LogP contribution in [0.3, 0.4) is 0 Å². The molecule has 0 spiro atoms. The van der Waals surface area contributed by atoms with E-state index in [2.05, 4.69) is 0 Å². The van der Waals surface area contributed by atoms with E-state index in [9.17, 15) is 14.7 Å². The van der Waals surface area contributed by atoms with Gasteiger partial charge in [-0.2, -0.15) is 0 Å². The molecule has 2 N–H and O–H groups in total. The van der Waals surface area contributed by atoms with Gasteiger partial charge in [-0.3, -0.25) is 9.59 Å². The SMILES string of the molecule is CCOC(C)(OC)C(CCCC(=O)O)(Cc1ccccc1)C(=O)O. The molecular weight excluding hydrogens is 312 g/mol. The molecule has 0 bridgehead atoms. The number of benzene rings is 1. The predicted octanol–water partition coefficient (Wildman–Crippen LogP) is 2.95. The third-order valence-electron chi connectivity index (χ3n) is 4.43. The molecule has 0 aromatic heterocycles. The highest BCUT2D eigenvalue weighted by atomic mass is 16.7. The monoisotopic (exact) mass is 338 g/mol. The van der Waals surface area contributed by atoms with E-state index in [1.54, 1.807) is 13.8 Å². The van der Waals surface area contributed by atoms with Gasteiger partial charge in [0.25, 0.3) is 0 Å². The average molecular weight is 338 g/mol. The normalized spacial score (nSPS) is 16.1. The summed E-state index contributed by atoms with van der Waals surface area (Å²) < 4.78 is 11.2. The van der Waals surface area contributed by atoms with Gasteiger partial charge in [-0.1, -0.05) is 30.3 Å². The Morgan fingerprint density at radius 1 is 1.17 bits per heavy atom. The lowest BCUT2D eigenvalue weighted by Crippen LogP contribution is -2.56. The molecule has 134 valence electrons. The smallest absolute Gasteiger partial charge is 0.315 e. The van der Waals surface area contributed by atoms with E-state index in [0.717, 1.165) is 5.56 Å². The first-order valence-corrected chi connectivity index (χ1v) is 7.99. The van der Waals surface area contributed by atoms with Crippen molar-refractivity contribution in [2.45, 2.75) is 45.3 Å². The Morgan fingerprint density at radius 2 is 1.79 bits per heavy atom. The number of carboxylic acids is 2. The van der Waals surface area contributed by atoms with Crippen LogP contribution in [0.2, 0.25) is 0 Å². The van der Waals surface area contributed by atoms with E-state index in [4.69, 9.17) is 14.6 Å². The number of ether oxygens (including phenoxy) is 2. The minimum atomic E-state index is -1.39. The summed E-state index contributed by atoms with van der Waals surface area (Å²) in [6.45, 7) is 3.66. The van der Waals surface area contributed by atoms with E-state index in [-0.39, 0.29) is 32.3 Å². The molecule has 0 radical (unpaired) electrons. The number of aliphatic carboxylic acids is 2. The predicted molar refractivity (Wildman–Crippen MR) is 88.7 cm³/mol. The van der Waals surface area contributed by atoms with E-state index >= 15 is 0 Å². The maximum atomic E-state index is 12.3. The standard InChI is InChI=1S/C18H26O6/c1-4-24-17(2,23-3)18(16(21)22,12-8-11-15(19)20)13-14-9-6-5-7-10-14/h5-7,9-10H,4,8,11-13H2,1-3H3,(H,19,20)(H,21,22). The molecule has 1 rings (SSSR count). The third kappa shape index (κ3) is 4.55. The van der Waals surface area contributed by atoms with Crippen LogP contribution < -0.4 is 0 Å². The molecule has 6 nitrogen and oxygen atoms in total. The quantitative estimate of drug-likeness (QED) is 0.603. The van der Waals surface area contributed by atoms with Crippen molar-refractivity contribution in [3.63, 3.8) is 0 Å². The molecule has 0 aliphatic carbocycles. The largest absolute Gasteiger partial charge is 0.481 e. The van der Waals surface area contributed by atoms with Crippen LogP contribution in [0.4, 0.5) is 0 Å². The molecule has 0 heterocycles. The number of hydrogen-bond acceptors (Lipinski definition) is 4. The topological polar surface area (TPSA) is 93.1 Å². The van der Waals surface area contributed by atoms with Crippen molar-refractivity contribution in [3.8, 4) is 0 Å². The van der Waals surface area contributed by atoms with Crippen molar-refractivity contribution in [1.82, 2.24) is 0 Å². The number of carbonyl (C=O) groups is 2. The molecule has 24 heavy (non-hydrogen) atoms. The average Bonchev–Trinajstić information content (AvgIpc) is 2.54. The summed E-state index contributed by atoms with van der Waals surface area (Å²) in [6, 6.07) is 9.22. The van der Waals surface area contributed by atoms with Crippen LogP contribution in [-0.2, 0) is 25.5 Å². The van der Waals surface area contributed by atoms with Gasteiger partial charge >= 0.3 is 11.9 Å². The summed E-state index contributed by atoms with van der Waals surface area (Å²) in [5.74, 6) is -3.39. The van der Waals surface area contributed by atoms with Crippen LogP contribution in [0.25, 0.3) is 0 Å². The van der Waals surface area contributed by atoms with Crippen LogP contribution in [0.5, 0.6) is 0 Å². The summed E-state index contributed by atoms with van der Waals surface area (Å²) in [6.07, 6.45) is 0.442. The summed E-state index contributed by atoms with van der Waals surface area (Å²) in [4.78, 5) is 23.1. The Kier molecular flexibility index (Phi) is 7.38. The molecule has 2 unspecified atom stereocenters. The fourth-order valence-corrected chi connectivity index (χ4v) is 3.01. The minimum Gasteiger partial charge on any atom is -0.481 e. The number of rotatable bonds is 11. The summed E-state index contributed by atoms with van der Waals surface area (Å²) >= 11 is 0. The zero-order valence-electron chi connectivity index (χ0n) is 14.4. The fraction of sp³-hybridized carbons (Fsp3) is 0.556. The lowest BCUT2D eigenvalue weighted by molar-refractivity contribution is -0.276. The molecule has 0 amide bonds. The molecule has 2 atom stereocenters. The van der Waals surface area contributed by atoms with Crippen molar-refractivity contribution < 1.29 is 29.3 Å². The summed E-state index contributed by atoms with van der Waals surface area (Å²) in [5.41, 5.74) is -0.563. The molecule has 1 aromatic rings. The number of carboxylic acid groups (broad SMARTS) is 2. The third-order valence-corrected chi connectivity index (χ3v) is 4.43. The van der Waals surface area contributed by atoms with Crippen molar-refractivity contribution >= 4 is 11.9 Å². The van der Waals surface area contributed by atoms with Crippen molar-refractivity contribution in [2.75, 3.05) is 13.7 Å². The van der Waals surface area contributed by atoms with E-state index in [1.807, 2.05) is 30.3 Å². The highest BCUT2D eigenvalue weighted by molar-refractivity contribution is 5.76. The van der Waals surface area contributed by atoms with Crippen LogP contribution in [0, 0.1) is 5.41 Å². The number of hydrogen-bond donors (Lipinski definition) is 2. The molecule has 0 aliphatic rings. The Hall–Kier alpha value is -1.92. The van der Waals surface area contributed by atoms with Gasteiger partial charge in [-0.15, -0.1) is 0 Å². The second-order valence-electron chi connectivity index (χ2n) is 5.88. The molecule has 6 heteroatoms. The van der Waals surface area contributed by atoms with Gasteiger partial charge in [0.15, 0.2) is 5.79 Å². The van der Waals surface area contributed by atoms with Gasteiger partial charge in [0.05, 0.1) is 0 Å². The van der Waals surface area contributed by atoms with Gasteiger partial charge in [0.2, 0.25) is 0 Å². The Morgan fingerprint density at radius 3 is 2.25 bits per heavy atom. The van der Waals surface area contributed by atoms with Gasteiger partial charge in [0, 0.05) is 20.1 Å². The molecule has 0 aliphatic heterocycles. The van der Waals surface area contributed by atoms with Gasteiger partial charge < -0.3 is 19.7 Å². The maximum Gasteiger partial charge on any atom is 0.315 e. The van der Waals surface area contributed by atoms with Gasteiger partial charge in [-0.25, -0.2) is 0 Å². The Labute approximate surface area is 142 Å². The highest BCUT2D eigenvalue weighted by Gasteiger charge is 2.55. The first kappa shape index (κ1) is 20.1. The van der Waals surface area contributed by atoms with Crippen LogP contribution in [0.15, 0.2) is 30.3 Å². The highest BCUT2D eigenvalue weighted by Crippen LogP contribution is 2.43. The van der Waals surface area contributed by atoms with E-state index in [0.29, 0.717) is 0 Å². The van der Waals surface area contributed by atoms with Gasteiger partial charge in [-0.05, 0) is 38.7 Å². The maximum absolute atomic E-state index is 12.3. The minimum absolute atomic E-state index is 0.101. The molecule has 0 saturated heterocycles. The van der Waals surface area contributed by atoms with Crippen molar-refractivity contribution in [3.05, 3.63) is 35.9 Å². The van der Waals surface area contributed by atoms with Gasteiger partial charge in [0.1, 0.15) is 5.41 Å². The second kappa shape index (κ2) is 8.80. The van der Waals surface area contributed by atoms with E-state index in [1.165, 1.54) is 7.11 Å². The first-order chi connectivity index (χ1) is 11.3. The molecule has 0 fully saturated rings. The molecule has 1 aromatic carbocycles. The lowest BCUT2D eigenvalue weighted by atomic mass is 9.71. The Balaban J connectivity index is 3.27. The second-order valence-corrected chi connectivity index (χ2v) is 5.88. The zero-order chi connectivity index (χ0) is 18.2.